The maximum atomic E-state index is 4.10. The lowest BCUT2D eigenvalue weighted by Crippen LogP contribution is -2.42. The van der Waals surface area contributed by atoms with Crippen LogP contribution in [0.5, 0.6) is 0 Å². The molecule has 0 amide bonds. The molecule has 2 atom stereocenters. The monoisotopic (exact) mass is 307 g/mol. The Bertz CT molecular complexity index is 683. The number of hydrogen-bond acceptors (Lipinski definition) is 3. The molecule has 120 valence electrons. The van der Waals surface area contributed by atoms with E-state index in [1.54, 1.807) is 0 Å². The lowest BCUT2D eigenvalue weighted by atomic mass is 9.99. The summed E-state index contributed by atoms with van der Waals surface area (Å²) in [5.74, 6) is 0. The number of hydrogen-bond donors (Lipinski definition) is 1. The highest BCUT2D eigenvalue weighted by molar-refractivity contribution is 5.77. The molecule has 23 heavy (non-hydrogen) atoms. The van der Waals surface area contributed by atoms with Gasteiger partial charge >= 0.3 is 0 Å². The summed E-state index contributed by atoms with van der Waals surface area (Å²) in [7, 11) is 2.06. The fourth-order valence-electron chi connectivity index (χ4n) is 3.95. The maximum absolute atomic E-state index is 4.10. The summed E-state index contributed by atoms with van der Waals surface area (Å²) in [6.07, 6.45) is 5.71. The van der Waals surface area contributed by atoms with Crippen molar-refractivity contribution in [3.8, 4) is 0 Å². The first-order valence-electron chi connectivity index (χ1n) is 8.49. The number of piperazine rings is 1. The van der Waals surface area contributed by atoms with Crippen molar-refractivity contribution in [2.75, 3.05) is 20.1 Å². The standard InChI is InChI=1S/C20H25N3/c1-14-8-18(12-22(3)15(14)2)17-6-4-16(5-7-17)11-23-13-19-9-20(23)10-21-19/h4-8,12,19-21H,2,9-11,13H2,1,3H3/t19-,20?/m0/s1. The van der Waals surface area contributed by atoms with Crippen LogP contribution in [0.4, 0.5) is 0 Å². The predicted molar refractivity (Wildman–Crippen MR) is 95.7 cm³/mol. The van der Waals surface area contributed by atoms with Crippen molar-refractivity contribution in [3.63, 3.8) is 0 Å². The van der Waals surface area contributed by atoms with Crippen LogP contribution in [0.2, 0.25) is 0 Å². The fourth-order valence-corrected chi connectivity index (χ4v) is 3.95. The summed E-state index contributed by atoms with van der Waals surface area (Å²) < 4.78 is 0. The summed E-state index contributed by atoms with van der Waals surface area (Å²) in [4.78, 5) is 4.73. The smallest absolute Gasteiger partial charge is 0.0360 e. The van der Waals surface area contributed by atoms with Crippen LogP contribution in [0.1, 0.15) is 24.5 Å². The number of allylic oxidation sites excluding steroid dienone is 3. The lowest BCUT2D eigenvalue weighted by Gasteiger charge is -2.27. The molecule has 2 fully saturated rings. The van der Waals surface area contributed by atoms with Gasteiger partial charge in [0.15, 0.2) is 0 Å². The van der Waals surface area contributed by atoms with Gasteiger partial charge in [-0.25, -0.2) is 0 Å². The number of likely N-dealkylation sites (N-methyl/N-ethyl adjacent to an activating group) is 1. The van der Waals surface area contributed by atoms with E-state index < -0.39 is 0 Å². The molecule has 1 aromatic rings. The molecule has 3 heteroatoms. The van der Waals surface area contributed by atoms with Crippen molar-refractivity contribution >= 4 is 5.57 Å². The van der Waals surface area contributed by atoms with Gasteiger partial charge in [-0.1, -0.05) is 30.8 Å². The van der Waals surface area contributed by atoms with E-state index >= 15 is 0 Å². The van der Waals surface area contributed by atoms with E-state index in [2.05, 4.69) is 72.2 Å². The van der Waals surface area contributed by atoms with Crippen LogP contribution in [-0.4, -0.2) is 42.0 Å². The Labute approximate surface area is 139 Å². The van der Waals surface area contributed by atoms with E-state index in [0.717, 1.165) is 30.9 Å². The zero-order chi connectivity index (χ0) is 16.0. The molecule has 2 bridgehead atoms. The van der Waals surface area contributed by atoms with Crippen molar-refractivity contribution in [2.45, 2.75) is 32.0 Å². The van der Waals surface area contributed by atoms with Crippen molar-refractivity contribution < 1.29 is 0 Å². The maximum Gasteiger partial charge on any atom is 0.0360 e. The first-order chi connectivity index (χ1) is 11.1. The summed E-state index contributed by atoms with van der Waals surface area (Å²) in [5.41, 5.74) is 6.25. The molecule has 0 spiro atoms. The normalized spacial score (nSPS) is 27.4. The first kappa shape index (κ1) is 14.7. The predicted octanol–water partition coefficient (Wildman–Crippen LogP) is 2.98. The molecule has 3 aliphatic heterocycles. The van der Waals surface area contributed by atoms with Crippen LogP contribution in [-0.2, 0) is 6.54 Å². The molecule has 1 aromatic carbocycles. The Kier molecular flexibility index (Phi) is 3.63. The molecular formula is C20H25N3. The van der Waals surface area contributed by atoms with Gasteiger partial charge in [0.05, 0.1) is 0 Å². The van der Waals surface area contributed by atoms with Crippen LogP contribution in [0.3, 0.4) is 0 Å². The van der Waals surface area contributed by atoms with Gasteiger partial charge in [0.2, 0.25) is 0 Å². The minimum atomic E-state index is 0.725. The number of fused-ring (bicyclic) bond motifs is 2. The SMILES string of the molecule is C=C1C(C)=CC(c2ccc(CN3C[C@@H]4CC3CN4)cc2)=CN1C. The molecule has 0 aliphatic carbocycles. The van der Waals surface area contributed by atoms with Crippen molar-refractivity contribution in [1.82, 2.24) is 15.1 Å². The van der Waals surface area contributed by atoms with Gasteiger partial charge in [-0.15, -0.1) is 0 Å². The van der Waals surface area contributed by atoms with E-state index in [9.17, 15) is 0 Å². The molecular weight excluding hydrogens is 282 g/mol. The number of nitrogens with one attached hydrogen (secondary N) is 1. The van der Waals surface area contributed by atoms with Crippen molar-refractivity contribution in [1.29, 1.82) is 0 Å². The summed E-state index contributed by atoms with van der Waals surface area (Å²) in [5, 5.41) is 3.57. The zero-order valence-corrected chi connectivity index (χ0v) is 14.0. The number of likely N-dealkylation sites (tertiary alicyclic amines) is 1. The Morgan fingerprint density at radius 1 is 1.26 bits per heavy atom. The van der Waals surface area contributed by atoms with Gasteiger partial charge in [-0.3, -0.25) is 4.90 Å². The summed E-state index contributed by atoms with van der Waals surface area (Å²) in [6.45, 7) is 9.66. The molecule has 0 aromatic heterocycles. The highest BCUT2D eigenvalue weighted by atomic mass is 15.3. The van der Waals surface area contributed by atoms with Crippen LogP contribution in [0.25, 0.3) is 5.57 Å². The van der Waals surface area contributed by atoms with E-state index in [4.69, 9.17) is 0 Å². The first-order valence-corrected chi connectivity index (χ1v) is 8.49. The quantitative estimate of drug-likeness (QED) is 0.926. The molecule has 1 N–H and O–H groups in total. The molecule has 3 heterocycles. The molecule has 2 saturated heterocycles. The number of benzene rings is 1. The third-order valence-corrected chi connectivity index (χ3v) is 5.43. The number of rotatable bonds is 3. The Hall–Kier alpha value is -1.84. The molecule has 4 rings (SSSR count). The second kappa shape index (κ2) is 5.66. The van der Waals surface area contributed by atoms with Crippen LogP contribution >= 0.6 is 0 Å². The summed E-state index contributed by atoms with van der Waals surface area (Å²) >= 11 is 0. The minimum absolute atomic E-state index is 0.725. The van der Waals surface area contributed by atoms with Crippen LogP contribution < -0.4 is 5.32 Å². The summed E-state index contributed by atoms with van der Waals surface area (Å²) in [6, 6.07) is 10.5. The Morgan fingerprint density at radius 3 is 2.65 bits per heavy atom. The molecule has 0 radical (unpaired) electrons. The number of nitrogens with zero attached hydrogens (tertiary/aromatic N) is 2. The zero-order valence-electron chi connectivity index (χ0n) is 14.0. The van der Waals surface area contributed by atoms with E-state index in [-0.39, 0.29) is 0 Å². The van der Waals surface area contributed by atoms with Crippen LogP contribution in [0, 0.1) is 0 Å². The van der Waals surface area contributed by atoms with Gasteiger partial charge in [0, 0.05) is 50.7 Å². The molecule has 1 unspecified atom stereocenters. The van der Waals surface area contributed by atoms with Gasteiger partial charge < -0.3 is 10.2 Å². The second-order valence-corrected chi connectivity index (χ2v) is 7.09. The largest absolute Gasteiger partial charge is 0.351 e. The average Bonchev–Trinajstić information content (AvgIpc) is 3.15. The van der Waals surface area contributed by atoms with E-state index in [1.807, 2.05) is 0 Å². The fraction of sp³-hybridized carbons (Fsp3) is 0.400. The molecule has 3 aliphatic rings. The third-order valence-electron chi connectivity index (χ3n) is 5.43. The second-order valence-electron chi connectivity index (χ2n) is 7.09. The van der Waals surface area contributed by atoms with E-state index in [1.165, 1.54) is 35.2 Å². The van der Waals surface area contributed by atoms with Crippen LogP contribution in [0.15, 0.2) is 54.4 Å². The van der Waals surface area contributed by atoms with E-state index in [0.29, 0.717) is 0 Å². The van der Waals surface area contributed by atoms with Gasteiger partial charge in [0.25, 0.3) is 0 Å². The van der Waals surface area contributed by atoms with Gasteiger partial charge in [-0.05, 0) is 41.7 Å². The molecule has 0 saturated carbocycles. The third kappa shape index (κ3) is 2.75. The lowest BCUT2D eigenvalue weighted by molar-refractivity contribution is 0.218. The van der Waals surface area contributed by atoms with Gasteiger partial charge in [-0.2, -0.15) is 0 Å². The average molecular weight is 307 g/mol. The topological polar surface area (TPSA) is 18.5 Å². The van der Waals surface area contributed by atoms with Crippen molar-refractivity contribution in [3.05, 3.63) is 65.5 Å². The Morgan fingerprint density at radius 2 is 2.04 bits per heavy atom. The highest BCUT2D eigenvalue weighted by Gasteiger charge is 2.37. The molecule has 3 nitrogen and oxygen atoms in total. The van der Waals surface area contributed by atoms with Gasteiger partial charge in [0.1, 0.15) is 0 Å². The Balaban J connectivity index is 1.48. The van der Waals surface area contributed by atoms with Crippen molar-refractivity contribution in [2.24, 2.45) is 0 Å². The highest BCUT2D eigenvalue weighted by Crippen LogP contribution is 2.28. The minimum Gasteiger partial charge on any atom is -0.351 e.